The summed E-state index contributed by atoms with van der Waals surface area (Å²) >= 11 is 1.47. The predicted molar refractivity (Wildman–Crippen MR) is 112 cm³/mol. The number of hydrogen-bond donors (Lipinski definition) is 2. The molecule has 7 heteroatoms. The fraction of sp³-hybridized carbons (Fsp3) is 0.0455. The minimum atomic E-state index is -0.505. The third-order valence-corrected chi connectivity index (χ3v) is 5.58. The number of hydrogen-bond acceptors (Lipinski definition) is 5. The molecule has 2 heterocycles. The monoisotopic (exact) mass is 403 g/mol. The molecule has 0 aliphatic carbocycles. The average molecular weight is 403 g/mol. The SMILES string of the molecule is NC(=O)c1ccc2cc(C(=O)N(O)Cc3ccc(-c4ccccn4)s3)ccc2c1. The Kier molecular flexibility index (Phi) is 5.07. The van der Waals surface area contributed by atoms with Crippen molar-refractivity contribution in [3.63, 3.8) is 0 Å². The maximum Gasteiger partial charge on any atom is 0.277 e. The highest BCUT2D eigenvalue weighted by Crippen LogP contribution is 2.27. The van der Waals surface area contributed by atoms with Crippen molar-refractivity contribution in [1.82, 2.24) is 10.0 Å². The summed E-state index contributed by atoms with van der Waals surface area (Å²) < 4.78 is 0. The van der Waals surface area contributed by atoms with Gasteiger partial charge in [-0.2, -0.15) is 0 Å². The van der Waals surface area contributed by atoms with Gasteiger partial charge in [-0.25, -0.2) is 5.06 Å². The Hall–Kier alpha value is -3.55. The van der Waals surface area contributed by atoms with E-state index in [1.165, 1.54) is 11.3 Å². The van der Waals surface area contributed by atoms with Crippen LogP contribution in [0.1, 0.15) is 25.6 Å². The first-order valence-electron chi connectivity index (χ1n) is 8.86. The number of nitrogens with two attached hydrogens (primary N) is 1. The van der Waals surface area contributed by atoms with E-state index in [0.717, 1.165) is 26.2 Å². The summed E-state index contributed by atoms with van der Waals surface area (Å²) in [6, 6.07) is 19.5. The van der Waals surface area contributed by atoms with Crippen LogP contribution in [0.3, 0.4) is 0 Å². The van der Waals surface area contributed by atoms with Gasteiger partial charge in [0.25, 0.3) is 5.91 Å². The van der Waals surface area contributed by atoms with Gasteiger partial charge in [0.2, 0.25) is 5.91 Å². The molecule has 2 amide bonds. The molecule has 0 fully saturated rings. The minimum Gasteiger partial charge on any atom is -0.366 e. The van der Waals surface area contributed by atoms with E-state index in [4.69, 9.17) is 5.73 Å². The molecule has 0 spiro atoms. The lowest BCUT2D eigenvalue weighted by Crippen LogP contribution is -2.26. The van der Waals surface area contributed by atoms with E-state index in [2.05, 4.69) is 4.98 Å². The number of aromatic nitrogens is 1. The number of hydroxylamine groups is 2. The van der Waals surface area contributed by atoms with Crippen molar-refractivity contribution in [3.8, 4) is 10.6 Å². The second-order valence-electron chi connectivity index (χ2n) is 6.48. The summed E-state index contributed by atoms with van der Waals surface area (Å²) in [5.74, 6) is -1.01. The number of amides is 2. The second kappa shape index (κ2) is 7.83. The Balaban J connectivity index is 1.51. The minimum absolute atomic E-state index is 0.0784. The number of carbonyl (C=O) groups excluding carboxylic acids is 2. The molecular weight excluding hydrogens is 386 g/mol. The van der Waals surface area contributed by atoms with Crippen molar-refractivity contribution in [3.05, 3.63) is 88.9 Å². The van der Waals surface area contributed by atoms with Crippen LogP contribution in [-0.4, -0.2) is 27.1 Å². The number of primary amides is 1. The molecule has 3 N–H and O–H groups in total. The summed E-state index contributed by atoms with van der Waals surface area (Å²) in [5, 5.41) is 12.6. The van der Waals surface area contributed by atoms with E-state index >= 15 is 0 Å². The molecule has 6 nitrogen and oxygen atoms in total. The number of rotatable bonds is 5. The fourth-order valence-corrected chi connectivity index (χ4v) is 3.98. The van der Waals surface area contributed by atoms with Gasteiger partial charge in [0.1, 0.15) is 0 Å². The van der Waals surface area contributed by atoms with Gasteiger partial charge in [-0.05, 0) is 59.3 Å². The van der Waals surface area contributed by atoms with Crippen LogP contribution < -0.4 is 5.73 Å². The van der Waals surface area contributed by atoms with Crippen LogP contribution in [-0.2, 0) is 6.54 Å². The first kappa shape index (κ1) is 18.8. The summed E-state index contributed by atoms with van der Waals surface area (Å²) in [6.45, 7) is 0.0784. The molecule has 4 rings (SSSR count). The Morgan fingerprint density at radius 3 is 2.38 bits per heavy atom. The van der Waals surface area contributed by atoms with Crippen LogP contribution in [0.2, 0.25) is 0 Å². The molecule has 0 unspecified atom stereocenters. The third kappa shape index (κ3) is 4.01. The van der Waals surface area contributed by atoms with E-state index in [9.17, 15) is 14.8 Å². The van der Waals surface area contributed by atoms with Gasteiger partial charge in [-0.15, -0.1) is 11.3 Å². The standard InChI is InChI=1S/C22H17N3O3S/c23-21(26)16-6-4-15-12-17(7-5-14(15)11-16)22(27)25(28)13-18-8-9-20(29-18)19-3-1-2-10-24-19/h1-12,28H,13H2,(H2,23,26). The van der Waals surface area contributed by atoms with Crippen molar-refractivity contribution in [2.45, 2.75) is 6.54 Å². The quantitative estimate of drug-likeness (QED) is 0.387. The van der Waals surface area contributed by atoms with Crippen LogP contribution in [0.25, 0.3) is 21.3 Å². The Labute approximate surface area is 170 Å². The number of carbonyl (C=O) groups is 2. The van der Waals surface area contributed by atoms with Crippen molar-refractivity contribution in [2.75, 3.05) is 0 Å². The highest BCUT2D eigenvalue weighted by Gasteiger charge is 2.16. The molecule has 0 atom stereocenters. The van der Waals surface area contributed by atoms with Gasteiger partial charge in [-0.3, -0.25) is 19.8 Å². The number of benzene rings is 2. The topological polar surface area (TPSA) is 96.5 Å². The normalized spacial score (nSPS) is 10.8. The van der Waals surface area contributed by atoms with Gasteiger partial charge in [0.15, 0.2) is 0 Å². The van der Waals surface area contributed by atoms with Crippen molar-refractivity contribution >= 4 is 33.9 Å². The van der Waals surface area contributed by atoms with Crippen LogP contribution >= 0.6 is 11.3 Å². The predicted octanol–water partition coefficient (Wildman–Crippen LogP) is 4.09. The van der Waals surface area contributed by atoms with E-state index in [1.54, 1.807) is 42.6 Å². The zero-order valence-electron chi connectivity index (χ0n) is 15.3. The maximum absolute atomic E-state index is 12.6. The molecule has 4 aromatic rings. The van der Waals surface area contributed by atoms with Crippen LogP contribution in [0.15, 0.2) is 72.9 Å². The zero-order valence-corrected chi connectivity index (χ0v) is 16.1. The first-order valence-corrected chi connectivity index (χ1v) is 9.67. The van der Waals surface area contributed by atoms with Crippen LogP contribution in [0.5, 0.6) is 0 Å². The van der Waals surface area contributed by atoms with Gasteiger partial charge >= 0.3 is 0 Å². The molecule has 0 saturated heterocycles. The molecule has 144 valence electrons. The molecule has 0 radical (unpaired) electrons. The highest BCUT2D eigenvalue weighted by atomic mass is 32.1. The summed E-state index contributed by atoms with van der Waals surface area (Å²) in [5.41, 5.74) is 6.91. The smallest absolute Gasteiger partial charge is 0.277 e. The number of fused-ring (bicyclic) bond motifs is 1. The third-order valence-electron chi connectivity index (χ3n) is 4.49. The van der Waals surface area contributed by atoms with E-state index in [1.807, 2.05) is 30.3 Å². The summed E-state index contributed by atoms with van der Waals surface area (Å²) in [4.78, 5) is 30.1. The second-order valence-corrected chi connectivity index (χ2v) is 7.65. The van der Waals surface area contributed by atoms with E-state index in [-0.39, 0.29) is 6.54 Å². The molecular formula is C22H17N3O3S. The Morgan fingerprint density at radius 1 is 0.966 bits per heavy atom. The number of thiophene rings is 1. The first-order chi connectivity index (χ1) is 14.0. The van der Waals surface area contributed by atoms with Crippen molar-refractivity contribution in [1.29, 1.82) is 0 Å². The van der Waals surface area contributed by atoms with Gasteiger partial charge in [0, 0.05) is 22.2 Å². The van der Waals surface area contributed by atoms with Crippen molar-refractivity contribution in [2.24, 2.45) is 5.73 Å². The molecule has 2 aromatic carbocycles. The molecule has 0 saturated carbocycles. The lowest BCUT2D eigenvalue weighted by atomic mass is 10.0. The molecule has 2 aromatic heterocycles. The summed E-state index contributed by atoms with van der Waals surface area (Å²) in [6.07, 6.45) is 1.72. The fourth-order valence-electron chi connectivity index (χ4n) is 3.01. The van der Waals surface area contributed by atoms with Crippen LogP contribution in [0.4, 0.5) is 0 Å². The number of nitrogens with zero attached hydrogens (tertiary/aromatic N) is 2. The Morgan fingerprint density at radius 2 is 1.69 bits per heavy atom. The van der Waals surface area contributed by atoms with Gasteiger partial charge in [-0.1, -0.05) is 18.2 Å². The van der Waals surface area contributed by atoms with Crippen molar-refractivity contribution < 1.29 is 14.8 Å². The average Bonchev–Trinajstić information content (AvgIpc) is 3.21. The molecule has 0 aliphatic heterocycles. The van der Waals surface area contributed by atoms with E-state index < -0.39 is 11.8 Å². The van der Waals surface area contributed by atoms with E-state index in [0.29, 0.717) is 16.2 Å². The molecule has 0 bridgehead atoms. The largest absolute Gasteiger partial charge is 0.366 e. The Bertz CT molecular complexity index is 1200. The highest BCUT2D eigenvalue weighted by molar-refractivity contribution is 7.15. The zero-order chi connectivity index (χ0) is 20.4. The van der Waals surface area contributed by atoms with Crippen LogP contribution in [0, 0.1) is 0 Å². The maximum atomic E-state index is 12.6. The molecule has 0 aliphatic rings. The lowest BCUT2D eigenvalue weighted by molar-refractivity contribution is -0.0641. The number of pyridine rings is 1. The lowest BCUT2D eigenvalue weighted by Gasteiger charge is -2.14. The van der Waals surface area contributed by atoms with Gasteiger partial charge < -0.3 is 5.73 Å². The summed E-state index contributed by atoms with van der Waals surface area (Å²) in [7, 11) is 0. The van der Waals surface area contributed by atoms with Gasteiger partial charge in [0.05, 0.1) is 17.1 Å². The molecule has 29 heavy (non-hydrogen) atoms.